The summed E-state index contributed by atoms with van der Waals surface area (Å²) in [5, 5.41) is 18.2. The molecular formula is C8H14O6S4. The summed E-state index contributed by atoms with van der Waals surface area (Å²) in [5.74, 6) is -0.670. The first-order valence-corrected chi connectivity index (χ1v) is 11.2. The van der Waals surface area contributed by atoms with Crippen molar-refractivity contribution >= 4 is 41.3 Å². The second-order valence-electron chi connectivity index (χ2n) is 4.56. The highest BCUT2D eigenvalue weighted by Gasteiger charge is 2.41. The van der Waals surface area contributed by atoms with Crippen LogP contribution in [0.4, 0.5) is 0 Å². The van der Waals surface area contributed by atoms with E-state index in [0.29, 0.717) is 0 Å². The Balaban J connectivity index is 1.90. The SMILES string of the molecule is O=S1(=O)C[C@@H](O)[C@@H](SS[C@@H]2CS(=O)(=O)C[C@@H]2O)C1. The summed E-state index contributed by atoms with van der Waals surface area (Å²) in [6, 6.07) is 0. The highest BCUT2D eigenvalue weighted by Crippen LogP contribution is 2.40. The van der Waals surface area contributed by atoms with Crippen LogP contribution in [-0.2, 0) is 19.7 Å². The Kier molecular flexibility index (Phi) is 4.25. The van der Waals surface area contributed by atoms with E-state index in [1.54, 1.807) is 0 Å². The van der Waals surface area contributed by atoms with Crippen molar-refractivity contribution in [2.24, 2.45) is 0 Å². The molecule has 2 aliphatic heterocycles. The zero-order valence-electron chi connectivity index (χ0n) is 9.30. The molecule has 0 spiro atoms. The van der Waals surface area contributed by atoms with E-state index < -0.39 is 42.4 Å². The summed E-state index contributed by atoms with van der Waals surface area (Å²) in [7, 11) is -4.06. The van der Waals surface area contributed by atoms with E-state index in [1.807, 2.05) is 0 Å². The molecule has 2 aliphatic rings. The number of aliphatic hydroxyl groups is 2. The normalized spacial score (nSPS) is 42.1. The van der Waals surface area contributed by atoms with Crippen molar-refractivity contribution in [1.29, 1.82) is 0 Å². The smallest absolute Gasteiger partial charge is 0.154 e. The van der Waals surface area contributed by atoms with Crippen LogP contribution in [0.1, 0.15) is 0 Å². The molecule has 0 amide bonds. The van der Waals surface area contributed by atoms with E-state index in [0.717, 1.165) is 21.6 Å². The van der Waals surface area contributed by atoms with E-state index in [2.05, 4.69) is 0 Å². The fourth-order valence-corrected chi connectivity index (χ4v) is 10.4. The number of sulfone groups is 2. The van der Waals surface area contributed by atoms with Crippen LogP contribution >= 0.6 is 21.6 Å². The van der Waals surface area contributed by atoms with Crippen LogP contribution in [0, 0.1) is 0 Å². The van der Waals surface area contributed by atoms with Crippen LogP contribution in [0.5, 0.6) is 0 Å². The van der Waals surface area contributed by atoms with Gasteiger partial charge in [-0.1, -0.05) is 21.6 Å². The molecule has 0 radical (unpaired) electrons. The average molecular weight is 334 g/mol. The van der Waals surface area contributed by atoms with E-state index in [4.69, 9.17) is 0 Å². The molecule has 0 aliphatic carbocycles. The van der Waals surface area contributed by atoms with Crippen molar-refractivity contribution in [3.63, 3.8) is 0 Å². The molecule has 0 saturated carbocycles. The van der Waals surface area contributed by atoms with Gasteiger partial charge in [-0.25, -0.2) is 16.8 Å². The summed E-state index contributed by atoms with van der Waals surface area (Å²) in [6.45, 7) is 0. The number of hydrogen-bond acceptors (Lipinski definition) is 8. The third-order valence-electron chi connectivity index (χ3n) is 2.85. The van der Waals surface area contributed by atoms with E-state index in [1.165, 1.54) is 0 Å². The Hall–Kier alpha value is 0.520. The Labute approximate surface area is 114 Å². The summed E-state index contributed by atoms with van der Waals surface area (Å²) in [4.78, 5) is 0. The van der Waals surface area contributed by atoms with Crippen molar-refractivity contribution in [2.45, 2.75) is 22.7 Å². The second kappa shape index (κ2) is 5.13. The molecule has 10 heteroatoms. The van der Waals surface area contributed by atoms with Crippen molar-refractivity contribution in [2.75, 3.05) is 23.0 Å². The molecule has 0 unspecified atom stereocenters. The highest BCUT2D eigenvalue weighted by molar-refractivity contribution is 8.77. The van der Waals surface area contributed by atoms with Gasteiger partial charge in [-0.2, -0.15) is 0 Å². The largest absolute Gasteiger partial charge is 0.391 e. The van der Waals surface area contributed by atoms with Crippen LogP contribution in [0.3, 0.4) is 0 Å². The highest BCUT2D eigenvalue weighted by atomic mass is 33.1. The standard InChI is InChI=1S/C8H14O6S4/c9-5-1-17(11,12)3-7(5)15-16-8-4-18(13,14)2-6(8)10/h5-10H,1-4H2/t5-,6+,7+,8-. The first-order valence-electron chi connectivity index (χ1n) is 5.28. The third-order valence-corrected chi connectivity index (χ3v) is 10.1. The van der Waals surface area contributed by atoms with E-state index in [-0.39, 0.29) is 23.0 Å². The van der Waals surface area contributed by atoms with Gasteiger partial charge in [-0.3, -0.25) is 0 Å². The Morgan fingerprint density at radius 3 is 1.28 bits per heavy atom. The molecular weight excluding hydrogens is 320 g/mol. The van der Waals surface area contributed by atoms with Gasteiger partial charge in [-0.15, -0.1) is 0 Å². The van der Waals surface area contributed by atoms with Gasteiger partial charge in [0.1, 0.15) is 0 Å². The van der Waals surface area contributed by atoms with Gasteiger partial charge in [0.2, 0.25) is 0 Å². The molecule has 2 N–H and O–H groups in total. The van der Waals surface area contributed by atoms with Gasteiger partial charge in [-0.05, 0) is 0 Å². The topological polar surface area (TPSA) is 109 Å². The maximum atomic E-state index is 11.3. The zero-order valence-corrected chi connectivity index (χ0v) is 12.6. The van der Waals surface area contributed by atoms with Crippen LogP contribution in [0.25, 0.3) is 0 Å². The second-order valence-corrected chi connectivity index (χ2v) is 11.6. The molecule has 0 aromatic rings. The van der Waals surface area contributed by atoms with Crippen molar-refractivity contribution in [3.05, 3.63) is 0 Å². The molecule has 2 saturated heterocycles. The lowest BCUT2D eigenvalue weighted by molar-refractivity contribution is 0.206. The summed E-state index contributed by atoms with van der Waals surface area (Å²) in [6.07, 6.45) is -1.83. The van der Waals surface area contributed by atoms with Gasteiger partial charge in [0.15, 0.2) is 19.7 Å². The van der Waals surface area contributed by atoms with Crippen LogP contribution < -0.4 is 0 Å². The fourth-order valence-electron chi connectivity index (χ4n) is 1.92. The number of hydrogen-bond donors (Lipinski definition) is 2. The molecule has 0 aromatic heterocycles. The van der Waals surface area contributed by atoms with Crippen LogP contribution in [-0.4, -0.2) is 72.8 Å². The average Bonchev–Trinajstić information content (AvgIpc) is 2.59. The van der Waals surface area contributed by atoms with Crippen molar-refractivity contribution < 1.29 is 27.0 Å². The summed E-state index contributed by atoms with van der Waals surface area (Å²) in [5.41, 5.74) is 0. The summed E-state index contributed by atoms with van der Waals surface area (Å²) >= 11 is 0. The first-order chi connectivity index (χ1) is 8.19. The Morgan fingerprint density at radius 1 is 0.722 bits per heavy atom. The van der Waals surface area contributed by atoms with Gasteiger partial charge >= 0.3 is 0 Å². The number of rotatable bonds is 3. The van der Waals surface area contributed by atoms with Gasteiger partial charge in [0.25, 0.3) is 0 Å². The van der Waals surface area contributed by atoms with Gasteiger partial charge in [0.05, 0.1) is 45.7 Å². The molecule has 18 heavy (non-hydrogen) atoms. The quantitative estimate of drug-likeness (QED) is 0.612. The zero-order chi connectivity index (χ0) is 13.6. The molecule has 2 heterocycles. The predicted octanol–water partition coefficient (Wildman–Crippen LogP) is -1.32. The molecule has 0 aromatic carbocycles. The Bertz CT molecular complexity index is 464. The van der Waals surface area contributed by atoms with Crippen LogP contribution in [0.15, 0.2) is 0 Å². The minimum atomic E-state index is -3.19. The fraction of sp³-hybridized carbons (Fsp3) is 1.00. The lowest BCUT2D eigenvalue weighted by atomic mass is 10.3. The molecule has 106 valence electrons. The van der Waals surface area contributed by atoms with E-state index in [9.17, 15) is 27.0 Å². The van der Waals surface area contributed by atoms with Gasteiger partial charge < -0.3 is 10.2 Å². The molecule has 2 fully saturated rings. The minimum absolute atomic E-state index is 0.0958. The minimum Gasteiger partial charge on any atom is -0.391 e. The predicted molar refractivity (Wildman–Crippen MR) is 72.1 cm³/mol. The molecule has 6 nitrogen and oxygen atoms in total. The first kappa shape index (κ1) is 14.9. The molecule has 4 atom stereocenters. The lowest BCUT2D eigenvalue weighted by Crippen LogP contribution is -2.22. The van der Waals surface area contributed by atoms with Crippen molar-refractivity contribution in [1.82, 2.24) is 0 Å². The van der Waals surface area contributed by atoms with Gasteiger partial charge in [0, 0.05) is 0 Å². The lowest BCUT2D eigenvalue weighted by Gasteiger charge is -2.15. The number of aliphatic hydroxyl groups excluding tert-OH is 2. The maximum Gasteiger partial charge on any atom is 0.154 e. The van der Waals surface area contributed by atoms with E-state index >= 15 is 0 Å². The van der Waals surface area contributed by atoms with Crippen LogP contribution in [0.2, 0.25) is 0 Å². The third kappa shape index (κ3) is 3.54. The summed E-state index contributed by atoms with van der Waals surface area (Å²) < 4.78 is 45.1. The monoisotopic (exact) mass is 334 g/mol. The Morgan fingerprint density at radius 2 is 1.06 bits per heavy atom. The molecule has 2 rings (SSSR count). The van der Waals surface area contributed by atoms with Crippen molar-refractivity contribution in [3.8, 4) is 0 Å². The molecule has 0 bridgehead atoms. The maximum absolute atomic E-state index is 11.3.